The Morgan fingerprint density at radius 3 is 2.55 bits per heavy atom. The number of anilines is 1. The third-order valence-electron chi connectivity index (χ3n) is 4.55. The molecular weight excluding hydrogens is 246 g/mol. The topological polar surface area (TPSA) is 28.2 Å². The summed E-state index contributed by atoms with van der Waals surface area (Å²) in [6.45, 7) is 8.81. The highest BCUT2D eigenvalue weighted by molar-refractivity contribution is 5.35. The van der Waals surface area contributed by atoms with Gasteiger partial charge in [-0.1, -0.05) is 19.9 Å². The van der Waals surface area contributed by atoms with Crippen molar-refractivity contribution in [3.63, 3.8) is 0 Å². The van der Waals surface area contributed by atoms with Gasteiger partial charge < -0.3 is 5.32 Å². The van der Waals surface area contributed by atoms with Crippen LogP contribution in [-0.2, 0) is 6.54 Å². The summed E-state index contributed by atoms with van der Waals surface area (Å²) >= 11 is 0. The quantitative estimate of drug-likeness (QED) is 0.883. The largest absolute Gasteiger partial charge is 0.370 e. The van der Waals surface area contributed by atoms with Crippen LogP contribution < -0.4 is 5.32 Å². The molecule has 0 aromatic carbocycles. The fourth-order valence-electron chi connectivity index (χ4n) is 3.05. The second kappa shape index (κ2) is 6.57. The molecule has 1 aromatic rings. The summed E-state index contributed by atoms with van der Waals surface area (Å²) in [6, 6.07) is 5.00. The number of nitrogens with zero attached hydrogens (tertiary/aromatic N) is 2. The van der Waals surface area contributed by atoms with Gasteiger partial charge in [0.1, 0.15) is 5.82 Å². The first-order valence-corrected chi connectivity index (χ1v) is 7.89. The van der Waals surface area contributed by atoms with Gasteiger partial charge in [-0.2, -0.15) is 0 Å². The minimum absolute atomic E-state index is 0.548. The number of hydrogen-bond donors (Lipinski definition) is 1. The minimum atomic E-state index is 0.548. The SMILES string of the molecule is CCNc1ccc(CN(C)C2CCC(C)(C)CC2)cn1. The zero-order valence-corrected chi connectivity index (χ0v) is 13.4. The predicted molar refractivity (Wildman–Crippen MR) is 85.9 cm³/mol. The third-order valence-corrected chi connectivity index (χ3v) is 4.55. The van der Waals surface area contributed by atoms with E-state index < -0.39 is 0 Å². The van der Waals surface area contributed by atoms with Gasteiger partial charge in [0, 0.05) is 25.3 Å². The van der Waals surface area contributed by atoms with Gasteiger partial charge in [-0.25, -0.2) is 4.98 Å². The van der Waals surface area contributed by atoms with Crippen molar-refractivity contribution in [2.24, 2.45) is 5.41 Å². The molecule has 3 heteroatoms. The number of hydrogen-bond acceptors (Lipinski definition) is 3. The lowest BCUT2D eigenvalue weighted by molar-refractivity contribution is 0.123. The molecule has 1 fully saturated rings. The monoisotopic (exact) mass is 275 g/mol. The summed E-state index contributed by atoms with van der Waals surface area (Å²) in [4.78, 5) is 6.95. The zero-order chi connectivity index (χ0) is 14.6. The standard InChI is InChI=1S/C17H29N3/c1-5-18-16-7-6-14(12-19-16)13-20(4)15-8-10-17(2,3)11-9-15/h6-7,12,15H,5,8-11,13H2,1-4H3,(H,18,19). The normalized spacial score (nSPS) is 19.2. The van der Waals surface area contributed by atoms with Crippen molar-refractivity contribution in [2.75, 3.05) is 18.9 Å². The molecule has 20 heavy (non-hydrogen) atoms. The van der Waals surface area contributed by atoms with Crippen LogP contribution in [0.15, 0.2) is 18.3 Å². The van der Waals surface area contributed by atoms with E-state index in [1.54, 1.807) is 0 Å². The molecular formula is C17H29N3. The molecule has 0 amide bonds. The van der Waals surface area contributed by atoms with Crippen LogP contribution in [0, 0.1) is 5.41 Å². The molecule has 0 spiro atoms. The van der Waals surface area contributed by atoms with Crippen LogP contribution in [0.1, 0.15) is 52.0 Å². The molecule has 112 valence electrons. The van der Waals surface area contributed by atoms with Crippen molar-refractivity contribution in [1.82, 2.24) is 9.88 Å². The average molecular weight is 275 g/mol. The Hall–Kier alpha value is -1.09. The van der Waals surface area contributed by atoms with E-state index in [0.29, 0.717) is 5.41 Å². The molecule has 0 bridgehead atoms. The highest BCUT2D eigenvalue weighted by Crippen LogP contribution is 2.36. The number of nitrogens with one attached hydrogen (secondary N) is 1. The summed E-state index contributed by atoms with van der Waals surface area (Å²) in [5.74, 6) is 0.971. The Labute approximate surface area is 123 Å². The van der Waals surface area contributed by atoms with Crippen molar-refractivity contribution in [3.05, 3.63) is 23.9 Å². The first-order chi connectivity index (χ1) is 9.50. The molecule has 3 nitrogen and oxygen atoms in total. The van der Waals surface area contributed by atoms with Gasteiger partial charge in [0.05, 0.1) is 0 Å². The minimum Gasteiger partial charge on any atom is -0.370 e. The highest BCUT2D eigenvalue weighted by Gasteiger charge is 2.28. The first kappa shape index (κ1) is 15.3. The summed E-state index contributed by atoms with van der Waals surface area (Å²) in [5, 5.41) is 3.24. The smallest absolute Gasteiger partial charge is 0.125 e. The molecule has 1 N–H and O–H groups in total. The lowest BCUT2D eigenvalue weighted by Gasteiger charge is -2.38. The van der Waals surface area contributed by atoms with E-state index in [4.69, 9.17) is 0 Å². The van der Waals surface area contributed by atoms with Crippen molar-refractivity contribution < 1.29 is 0 Å². The number of aromatic nitrogens is 1. The molecule has 1 aliphatic rings. The van der Waals surface area contributed by atoms with Gasteiger partial charge >= 0.3 is 0 Å². The van der Waals surface area contributed by atoms with Crippen LogP contribution in [0.5, 0.6) is 0 Å². The second-order valence-corrected chi connectivity index (χ2v) is 6.89. The third kappa shape index (κ3) is 4.20. The Bertz CT molecular complexity index is 401. The second-order valence-electron chi connectivity index (χ2n) is 6.89. The Balaban J connectivity index is 1.86. The summed E-state index contributed by atoms with van der Waals surface area (Å²) in [5.41, 5.74) is 1.85. The van der Waals surface area contributed by atoms with E-state index in [-0.39, 0.29) is 0 Å². The van der Waals surface area contributed by atoms with Crippen molar-refractivity contribution >= 4 is 5.82 Å². The summed E-state index contributed by atoms with van der Waals surface area (Å²) in [6.07, 6.45) is 7.35. The molecule has 1 aromatic heterocycles. The predicted octanol–water partition coefficient (Wildman–Crippen LogP) is 3.91. The maximum atomic E-state index is 4.45. The van der Waals surface area contributed by atoms with Crippen molar-refractivity contribution in [2.45, 2.75) is 59.0 Å². The van der Waals surface area contributed by atoms with Crippen LogP contribution in [-0.4, -0.2) is 29.5 Å². The van der Waals surface area contributed by atoms with Gasteiger partial charge in [-0.3, -0.25) is 4.90 Å². The first-order valence-electron chi connectivity index (χ1n) is 7.89. The van der Waals surface area contributed by atoms with Gasteiger partial charge in [0.15, 0.2) is 0 Å². The van der Waals surface area contributed by atoms with Gasteiger partial charge in [0.2, 0.25) is 0 Å². The van der Waals surface area contributed by atoms with E-state index >= 15 is 0 Å². The molecule has 0 aliphatic heterocycles. The van der Waals surface area contributed by atoms with Crippen LogP contribution in [0.25, 0.3) is 0 Å². The lowest BCUT2D eigenvalue weighted by Crippen LogP contribution is -2.36. The molecule has 1 heterocycles. The maximum Gasteiger partial charge on any atom is 0.125 e. The molecule has 0 saturated heterocycles. The van der Waals surface area contributed by atoms with E-state index in [2.05, 4.69) is 55.2 Å². The van der Waals surface area contributed by atoms with Crippen molar-refractivity contribution in [1.29, 1.82) is 0 Å². The van der Waals surface area contributed by atoms with E-state index in [0.717, 1.165) is 24.9 Å². The summed E-state index contributed by atoms with van der Waals surface area (Å²) < 4.78 is 0. The van der Waals surface area contributed by atoms with Gasteiger partial charge in [0.25, 0.3) is 0 Å². The number of pyridine rings is 1. The van der Waals surface area contributed by atoms with Gasteiger partial charge in [-0.15, -0.1) is 0 Å². The van der Waals surface area contributed by atoms with E-state index in [9.17, 15) is 0 Å². The van der Waals surface area contributed by atoms with Crippen LogP contribution >= 0.6 is 0 Å². The van der Waals surface area contributed by atoms with E-state index in [1.807, 2.05) is 6.20 Å². The molecule has 0 atom stereocenters. The average Bonchev–Trinajstić information content (AvgIpc) is 2.41. The zero-order valence-electron chi connectivity index (χ0n) is 13.4. The maximum absolute atomic E-state index is 4.45. The van der Waals surface area contributed by atoms with Crippen LogP contribution in [0.3, 0.4) is 0 Å². The van der Waals surface area contributed by atoms with E-state index in [1.165, 1.54) is 31.2 Å². The molecule has 1 aliphatic carbocycles. The van der Waals surface area contributed by atoms with Gasteiger partial charge in [-0.05, 0) is 56.7 Å². The highest BCUT2D eigenvalue weighted by atomic mass is 15.1. The Kier molecular flexibility index (Phi) is 5.03. The molecule has 0 unspecified atom stereocenters. The Morgan fingerprint density at radius 2 is 2.00 bits per heavy atom. The van der Waals surface area contributed by atoms with Crippen LogP contribution in [0.4, 0.5) is 5.82 Å². The Morgan fingerprint density at radius 1 is 1.30 bits per heavy atom. The molecule has 2 rings (SSSR count). The van der Waals surface area contributed by atoms with Crippen LogP contribution in [0.2, 0.25) is 0 Å². The lowest BCUT2D eigenvalue weighted by atomic mass is 9.75. The number of rotatable bonds is 5. The summed E-state index contributed by atoms with van der Waals surface area (Å²) in [7, 11) is 2.25. The molecule has 0 radical (unpaired) electrons. The fraction of sp³-hybridized carbons (Fsp3) is 0.706. The fourth-order valence-corrected chi connectivity index (χ4v) is 3.05. The molecule has 1 saturated carbocycles. The van der Waals surface area contributed by atoms with Crippen molar-refractivity contribution in [3.8, 4) is 0 Å².